The van der Waals surface area contributed by atoms with E-state index >= 15 is 0 Å². The van der Waals surface area contributed by atoms with Crippen LogP contribution in [0.2, 0.25) is 0 Å². The average Bonchev–Trinajstić information content (AvgIpc) is 2.95. The number of rotatable bonds is 4. The zero-order valence-electron chi connectivity index (χ0n) is 11.7. The van der Waals surface area contributed by atoms with Gasteiger partial charge in [-0.1, -0.05) is 18.2 Å². The Hall–Kier alpha value is -1.06. The molecule has 0 radical (unpaired) electrons. The number of piperidine rings is 1. The standard InChI is InChI=1S/C16H25N3/c1-2-8-16(18-15-7-5-9-17-12-15)14(6-1)13-19-10-3-4-11-19/h1-2,6,8,15,17-18H,3-5,7,9-13H2. The molecule has 0 aromatic heterocycles. The molecule has 2 saturated heterocycles. The van der Waals surface area contributed by atoms with Crippen LogP contribution in [0.4, 0.5) is 5.69 Å². The first-order chi connectivity index (χ1) is 9.42. The van der Waals surface area contributed by atoms with E-state index in [9.17, 15) is 0 Å². The van der Waals surface area contributed by atoms with Crippen LogP contribution in [0.5, 0.6) is 0 Å². The molecule has 3 nitrogen and oxygen atoms in total. The summed E-state index contributed by atoms with van der Waals surface area (Å²) < 4.78 is 0. The van der Waals surface area contributed by atoms with Gasteiger partial charge in [0.1, 0.15) is 0 Å². The van der Waals surface area contributed by atoms with E-state index in [2.05, 4.69) is 39.8 Å². The van der Waals surface area contributed by atoms with E-state index in [0.717, 1.165) is 13.1 Å². The van der Waals surface area contributed by atoms with E-state index in [4.69, 9.17) is 0 Å². The second-order valence-electron chi connectivity index (χ2n) is 5.83. The van der Waals surface area contributed by atoms with E-state index in [1.54, 1.807) is 0 Å². The molecule has 0 bridgehead atoms. The first-order valence-corrected chi connectivity index (χ1v) is 7.69. The van der Waals surface area contributed by atoms with Crippen molar-refractivity contribution in [1.29, 1.82) is 0 Å². The van der Waals surface area contributed by atoms with Crippen molar-refractivity contribution < 1.29 is 0 Å². The highest BCUT2D eigenvalue weighted by molar-refractivity contribution is 5.52. The summed E-state index contributed by atoms with van der Waals surface area (Å²) in [6.45, 7) is 5.90. The van der Waals surface area contributed by atoms with E-state index in [0.29, 0.717) is 6.04 Å². The lowest BCUT2D eigenvalue weighted by Gasteiger charge is -2.26. The monoisotopic (exact) mass is 259 g/mol. The average molecular weight is 259 g/mol. The first-order valence-electron chi connectivity index (χ1n) is 7.69. The van der Waals surface area contributed by atoms with Crippen LogP contribution in [0, 0.1) is 0 Å². The smallest absolute Gasteiger partial charge is 0.0388 e. The van der Waals surface area contributed by atoms with Gasteiger partial charge in [0.2, 0.25) is 0 Å². The number of hydrogen-bond donors (Lipinski definition) is 2. The zero-order chi connectivity index (χ0) is 12.9. The third-order valence-corrected chi connectivity index (χ3v) is 4.27. The van der Waals surface area contributed by atoms with Gasteiger partial charge in [0, 0.05) is 24.8 Å². The number of anilines is 1. The van der Waals surface area contributed by atoms with Crippen LogP contribution in [-0.4, -0.2) is 37.1 Å². The summed E-state index contributed by atoms with van der Waals surface area (Å²) in [5.74, 6) is 0. The molecule has 2 aliphatic heterocycles. The van der Waals surface area contributed by atoms with Gasteiger partial charge in [-0.05, 0) is 56.9 Å². The Balaban J connectivity index is 1.65. The highest BCUT2D eigenvalue weighted by Crippen LogP contribution is 2.21. The summed E-state index contributed by atoms with van der Waals surface area (Å²) in [7, 11) is 0. The van der Waals surface area contributed by atoms with Gasteiger partial charge < -0.3 is 10.6 Å². The van der Waals surface area contributed by atoms with Gasteiger partial charge >= 0.3 is 0 Å². The fourth-order valence-corrected chi connectivity index (χ4v) is 3.18. The molecule has 1 aromatic carbocycles. The molecule has 1 aromatic rings. The molecule has 2 heterocycles. The van der Waals surface area contributed by atoms with Gasteiger partial charge in [0.15, 0.2) is 0 Å². The Morgan fingerprint density at radius 1 is 1.16 bits per heavy atom. The molecule has 3 heteroatoms. The summed E-state index contributed by atoms with van der Waals surface area (Å²) in [6.07, 6.45) is 5.29. The Kier molecular flexibility index (Phi) is 4.36. The quantitative estimate of drug-likeness (QED) is 0.869. The Bertz CT molecular complexity index is 393. The molecule has 1 atom stereocenters. The fourth-order valence-electron chi connectivity index (χ4n) is 3.18. The van der Waals surface area contributed by atoms with Gasteiger partial charge in [-0.25, -0.2) is 0 Å². The Morgan fingerprint density at radius 3 is 2.79 bits per heavy atom. The van der Waals surface area contributed by atoms with Crippen LogP contribution < -0.4 is 10.6 Å². The predicted octanol–water partition coefficient (Wildman–Crippen LogP) is 2.45. The summed E-state index contributed by atoms with van der Waals surface area (Å²) >= 11 is 0. The molecule has 2 aliphatic rings. The molecular weight excluding hydrogens is 234 g/mol. The van der Waals surface area contributed by atoms with Gasteiger partial charge in [-0.15, -0.1) is 0 Å². The predicted molar refractivity (Wildman–Crippen MR) is 80.5 cm³/mol. The van der Waals surface area contributed by atoms with E-state index < -0.39 is 0 Å². The van der Waals surface area contributed by atoms with Crippen LogP contribution >= 0.6 is 0 Å². The van der Waals surface area contributed by atoms with Crippen molar-refractivity contribution >= 4 is 5.69 Å². The van der Waals surface area contributed by atoms with Gasteiger partial charge in [0.05, 0.1) is 0 Å². The lowest BCUT2D eigenvalue weighted by atomic mass is 10.1. The Morgan fingerprint density at radius 2 is 2.00 bits per heavy atom. The van der Waals surface area contributed by atoms with Crippen molar-refractivity contribution in [3.8, 4) is 0 Å². The number of benzene rings is 1. The number of likely N-dealkylation sites (tertiary alicyclic amines) is 1. The second-order valence-corrected chi connectivity index (χ2v) is 5.83. The number of para-hydroxylation sites is 1. The molecule has 0 aliphatic carbocycles. The molecule has 3 rings (SSSR count). The third-order valence-electron chi connectivity index (χ3n) is 4.27. The fraction of sp³-hybridized carbons (Fsp3) is 0.625. The summed E-state index contributed by atoms with van der Waals surface area (Å²) in [5.41, 5.74) is 2.79. The maximum absolute atomic E-state index is 3.73. The number of nitrogens with zero attached hydrogens (tertiary/aromatic N) is 1. The lowest BCUT2D eigenvalue weighted by Crippen LogP contribution is -2.38. The Labute approximate surface area is 116 Å². The molecule has 19 heavy (non-hydrogen) atoms. The molecular formula is C16H25N3. The zero-order valence-corrected chi connectivity index (χ0v) is 11.7. The highest BCUT2D eigenvalue weighted by Gasteiger charge is 2.16. The molecule has 2 N–H and O–H groups in total. The second kappa shape index (κ2) is 6.40. The van der Waals surface area contributed by atoms with Crippen molar-refractivity contribution in [2.45, 2.75) is 38.3 Å². The highest BCUT2D eigenvalue weighted by atomic mass is 15.1. The summed E-state index contributed by atoms with van der Waals surface area (Å²) in [6, 6.07) is 9.41. The van der Waals surface area contributed by atoms with E-state index in [1.807, 2.05) is 0 Å². The molecule has 0 spiro atoms. The minimum absolute atomic E-state index is 0.591. The van der Waals surface area contributed by atoms with Crippen molar-refractivity contribution in [2.24, 2.45) is 0 Å². The van der Waals surface area contributed by atoms with Crippen LogP contribution in [0.15, 0.2) is 24.3 Å². The minimum atomic E-state index is 0.591. The van der Waals surface area contributed by atoms with E-state index in [1.165, 1.54) is 56.6 Å². The van der Waals surface area contributed by atoms with Crippen molar-refractivity contribution in [1.82, 2.24) is 10.2 Å². The van der Waals surface area contributed by atoms with E-state index in [-0.39, 0.29) is 0 Å². The van der Waals surface area contributed by atoms with Gasteiger partial charge in [-0.2, -0.15) is 0 Å². The molecule has 0 saturated carbocycles. The topological polar surface area (TPSA) is 27.3 Å². The van der Waals surface area contributed by atoms with Gasteiger partial charge in [-0.3, -0.25) is 4.90 Å². The summed E-state index contributed by atoms with van der Waals surface area (Å²) in [4.78, 5) is 2.57. The van der Waals surface area contributed by atoms with Crippen LogP contribution in [-0.2, 0) is 6.54 Å². The maximum Gasteiger partial charge on any atom is 0.0388 e. The van der Waals surface area contributed by atoms with Crippen molar-refractivity contribution in [3.63, 3.8) is 0 Å². The van der Waals surface area contributed by atoms with Crippen LogP contribution in [0.1, 0.15) is 31.2 Å². The van der Waals surface area contributed by atoms with Crippen molar-refractivity contribution in [2.75, 3.05) is 31.5 Å². The largest absolute Gasteiger partial charge is 0.381 e. The number of nitrogens with one attached hydrogen (secondary N) is 2. The summed E-state index contributed by atoms with van der Waals surface area (Å²) in [5, 5.41) is 7.21. The molecule has 0 amide bonds. The molecule has 2 fully saturated rings. The number of hydrogen-bond acceptors (Lipinski definition) is 3. The van der Waals surface area contributed by atoms with Crippen LogP contribution in [0.25, 0.3) is 0 Å². The SMILES string of the molecule is c1ccc(NC2CCCNC2)c(CN2CCCC2)c1. The minimum Gasteiger partial charge on any atom is -0.381 e. The van der Waals surface area contributed by atoms with Crippen molar-refractivity contribution in [3.05, 3.63) is 29.8 Å². The van der Waals surface area contributed by atoms with Gasteiger partial charge in [0.25, 0.3) is 0 Å². The lowest BCUT2D eigenvalue weighted by molar-refractivity contribution is 0.331. The third kappa shape index (κ3) is 3.48. The molecule has 104 valence electrons. The van der Waals surface area contributed by atoms with Crippen LogP contribution in [0.3, 0.4) is 0 Å². The normalized spacial score (nSPS) is 24.5. The first kappa shape index (κ1) is 12.9. The molecule has 1 unspecified atom stereocenters. The maximum atomic E-state index is 3.73.